The van der Waals surface area contributed by atoms with Crippen molar-refractivity contribution in [3.05, 3.63) is 59.9 Å². The van der Waals surface area contributed by atoms with Crippen molar-refractivity contribution >= 4 is 17.6 Å². The zero-order valence-electron chi connectivity index (χ0n) is 12.7. The van der Waals surface area contributed by atoms with Crippen LogP contribution in [0, 0.1) is 0 Å². The standard InChI is InChI=1S/C16H13ClN4O3/c1-11(23-15-8-3-2-7-14(15)17)16(22)24-13-6-4-5-12(9-13)21-10-18-19-20-21/h2-11H,1H3. The van der Waals surface area contributed by atoms with Crippen molar-refractivity contribution in [1.29, 1.82) is 0 Å². The van der Waals surface area contributed by atoms with Crippen LogP contribution >= 0.6 is 11.6 Å². The van der Waals surface area contributed by atoms with Crippen molar-refractivity contribution in [3.63, 3.8) is 0 Å². The lowest BCUT2D eigenvalue weighted by Crippen LogP contribution is -2.28. The zero-order chi connectivity index (χ0) is 16.9. The molecular weight excluding hydrogens is 332 g/mol. The molecule has 0 bridgehead atoms. The molecule has 0 N–H and O–H groups in total. The van der Waals surface area contributed by atoms with E-state index in [2.05, 4.69) is 15.5 Å². The van der Waals surface area contributed by atoms with Gasteiger partial charge in [-0.3, -0.25) is 0 Å². The van der Waals surface area contributed by atoms with Gasteiger partial charge in [0.05, 0.1) is 10.7 Å². The monoisotopic (exact) mass is 344 g/mol. The van der Waals surface area contributed by atoms with E-state index in [9.17, 15) is 4.79 Å². The number of carbonyl (C=O) groups is 1. The number of carbonyl (C=O) groups excluding carboxylic acids is 1. The van der Waals surface area contributed by atoms with Gasteiger partial charge in [0.25, 0.3) is 0 Å². The minimum absolute atomic E-state index is 0.364. The van der Waals surface area contributed by atoms with Gasteiger partial charge in [-0.15, -0.1) is 5.10 Å². The molecule has 3 rings (SSSR count). The van der Waals surface area contributed by atoms with Gasteiger partial charge in [-0.05, 0) is 41.6 Å². The molecule has 1 atom stereocenters. The molecule has 0 spiro atoms. The first-order chi connectivity index (χ1) is 11.6. The Morgan fingerprint density at radius 1 is 1.21 bits per heavy atom. The van der Waals surface area contributed by atoms with Gasteiger partial charge in [0.1, 0.15) is 17.8 Å². The average molecular weight is 345 g/mol. The first kappa shape index (κ1) is 15.9. The van der Waals surface area contributed by atoms with E-state index in [1.54, 1.807) is 55.5 Å². The minimum atomic E-state index is -0.818. The van der Waals surface area contributed by atoms with Crippen LogP contribution < -0.4 is 9.47 Å². The summed E-state index contributed by atoms with van der Waals surface area (Å²) in [6.07, 6.45) is 0.631. The number of ether oxygens (including phenoxy) is 2. The van der Waals surface area contributed by atoms with Crippen LogP contribution in [-0.4, -0.2) is 32.3 Å². The topological polar surface area (TPSA) is 79.1 Å². The molecule has 0 aliphatic rings. The van der Waals surface area contributed by atoms with E-state index in [1.807, 2.05) is 0 Å². The van der Waals surface area contributed by atoms with E-state index in [1.165, 1.54) is 11.0 Å². The number of para-hydroxylation sites is 1. The number of hydrogen-bond donors (Lipinski definition) is 0. The molecule has 1 unspecified atom stereocenters. The molecule has 0 fully saturated rings. The number of nitrogens with zero attached hydrogens (tertiary/aromatic N) is 4. The number of aromatic nitrogens is 4. The van der Waals surface area contributed by atoms with Crippen LogP contribution in [0.2, 0.25) is 5.02 Å². The number of halogens is 1. The molecule has 0 aliphatic heterocycles. The molecule has 3 aromatic rings. The lowest BCUT2D eigenvalue weighted by Gasteiger charge is -2.15. The number of benzene rings is 2. The lowest BCUT2D eigenvalue weighted by atomic mass is 10.3. The fourth-order valence-electron chi connectivity index (χ4n) is 1.95. The molecule has 1 aromatic heterocycles. The Bertz CT molecular complexity index is 839. The van der Waals surface area contributed by atoms with E-state index in [-0.39, 0.29) is 0 Å². The number of hydrogen-bond acceptors (Lipinski definition) is 6. The van der Waals surface area contributed by atoms with Crippen molar-refractivity contribution in [2.75, 3.05) is 0 Å². The number of tetrazole rings is 1. The third kappa shape index (κ3) is 3.69. The smallest absolute Gasteiger partial charge is 0.352 e. The van der Waals surface area contributed by atoms with E-state index in [0.29, 0.717) is 22.2 Å². The highest BCUT2D eigenvalue weighted by Crippen LogP contribution is 2.24. The Hall–Kier alpha value is -2.93. The molecule has 0 aliphatic carbocycles. The van der Waals surface area contributed by atoms with Crippen LogP contribution in [0.1, 0.15) is 6.92 Å². The van der Waals surface area contributed by atoms with Gasteiger partial charge < -0.3 is 9.47 Å². The summed E-state index contributed by atoms with van der Waals surface area (Å²) >= 11 is 6.01. The molecule has 0 saturated heterocycles. The van der Waals surface area contributed by atoms with Crippen molar-refractivity contribution in [1.82, 2.24) is 20.2 Å². The average Bonchev–Trinajstić information content (AvgIpc) is 3.12. The van der Waals surface area contributed by atoms with Gasteiger partial charge in [0.15, 0.2) is 6.10 Å². The fraction of sp³-hybridized carbons (Fsp3) is 0.125. The maximum atomic E-state index is 12.2. The Kier molecular flexibility index (Phi) is 4.72. The molecule has 122 valence electrons. The van der Waals surface area contributed by atoms with Crippen molar-refractivity contribution in [3.8, 4) is 17.2 Å². The highest BCUT2D eigenvalue weighted by atomic mass is 35.5. The molecule has 0 saturated carbocycles. The second-order valence-corrected chi connectivity index (χ2v) is 5.27. The first-order valence-electron chi connectivity index (χ1n) is 7.10. The highest BCUT2D eigenvalue weighted by molar-refractivity contribution is 6.32. The zero-order valence-corrected chi connectivity index (χ0v) is 13.4. The van der Waals surface area contributed by atoms with Gasteiger partial charge >= 0.3 is 5.97 Å². The number of esters is 1. The summed E-state index contributed by atoms with van der Waals surface area (Å²) in [5.41, 5.74) is 0.671. The summed E-state index contributed by atoms with van der Waals surface area (Å²) in [6.45, 7) is 1.59. The molecule has 8 heteroatoms. The molecule has 7 nitrogen and oxygen atoms in total. The van der Waals surface area contributed by atoms with Gasteiger partial charge in [0.2, 0.25) is 0 Å². The van der Waals surface area contributed by atoms with E-state index in [4.69, 9.17) is 21.1 Å². The van der Waals surface area contributed by atoms with Crippen molar-refractivity contribution < 1.29 is 14.3 Å². The van der Waals surface area contributed by atoms with E-state index >= 15 is 0 Å². The Morgan fingerprint density at radius 2 is 2.04 bits per heavy atom. The fourth-order valence-corrected chi connectivity index (χ4v) is 2.13. The lowest BCUT2D eigenvalue weighted by molar-refractivity contribution is -0.141. The summed E-state index contributed by atoms with van der Waals surface area (Å²) in [5.74, 6) is 0.248. The van der Waals surface area contributed by atoms with Gasteiger partial charge in [0, 0.05) is 6.07 Å². The number of rotatable bonds is 5. The second-order valence-electron chi connectivity index (χ2n) is 4.86. The molecule has 1 heterocycles. The summed E-state index contributed by atoms with van der Waals surface area (Å²) in [5, 5.41) is 11.3. The molecular formula is C16H13ClN4O3. The largest absolute Gasteiger partial charge is 0.477 e. The van der Waals surface area contributed by atoms with Crippen molar-refractivity contribution in [2.45, 2.75) is 13.0 Å². The van der Waals surface area contributed by atoms with Crippen LogP contribution in [0.15, 0.2) is 54.9 Å². The molecule has 24 heavy (non-hydrogen) atoms. The van der Waals surface area contributed by atoms with E-state index < -0.39 is 12.1 Å². The van der Waals surface area contributed by atoms with Crippen LogP contribution in [0.4, 0.5) is 0 Å². The minimum Gasteiger partial charge on any atom is -0.477 e. The van der Waals surface area contributed by atoms with Gasteiger partial charge in [-0.2, -0.15) is 0 Å². The Balaban J connectivity index is 1.68. The van der Waals surface area contributed by atoms with Crippen LogP contribution in [0.3, 0.4) is 0 Å². The summed E-state index contributed by atoms with van der Waals surface area (Å²) in [4.78, 5) is 12.2. The maximum absolute atomic E-state index is 12.2. The molecule has 2 aromatic carbocycles. The molecule has 0 amide bonds. The Morgan fingerprint density at radius 3 is 2.79 bits per heavy atom. The summed E-state index contributed by atoms with van der Waals surface area (Å²) in [6, 6.07) is 13.8. The van der Waals surface area contributed by atoms with Crippen LogP contribution in [0.25, 0.3) is 5.69 Å². The first-order valence-corrected chi connectivity index (χ1v) is 7.47. The molecule has 0 radical (unpaired) electrons. The quantitative estimate of drug-likeness (QED) is 0.523. The van der Waals surface area contributed by atoms with Crippen LogP contribution in [0.5, 0.6) is 11.5 Å². The summed E-state index contributed by atoms with van der Waals surface area (Å²) in [7, 11) is 0. The SMILES string of the molecule is CC(Oc1ccccc1Cl)C(=O)Oc1cccc(-n2cnnn2)c1. The predicted octanol–water partition coefficient (Wildman–Crippen LogP) is 2.69. The van der Waals surface area contributed by atoms with Crippen LogP contribution in [-0.2, 0) is 4.79 Å². The second kappa shape index (κ2) is 7.10. The third-order valence-electron chi connectivity index (χ3n) is 3.12. The predicted molar refractivity (Wildman–Crippen MR) is 86.3 cm³/mol. The third-order valence-corrected chi connectivity index (χ3v) is 3.43. The maximum Gasteiger partial charge on any atom is 0.352 e. The van der Waals surface area contributed by atoms with E-state index in [0.717, 1.165) is 0 Å². The van der Waals surface area contributed by atoms with Gasteiger partial charge in [-0.25, -0.2) is 9.48 Å². The van der Waals surface area contributed by atoms with Gasteiger partial charge in [-0.1, -0.05) is 29.8 Å². The normalized spacial score (nSPS) is 11.8. The summed E-state index contributed by atoms with van der Waals surface area (Å²) < 4.78 is 12.3. The Labute approximate surface area is 142 Å². The highest BCUT2D eigenvalue weighted by Gasteiger charge is 2.18. The van der Waals surface area contributed by atoms with Crippen molar-refractivity contribution in [2.24, 2.45) is 0 Å².